The molecule has 1 fully saturated rings. The zero-order valence-corrected chi connectivity index (χ0v) is 9.16. The summed E-state index contributed by atoms with van der Waals surface area (Å²) in [4.78, 5) is 25.7. The average Bonchev–Trinajstić information content (AvgIpc) is 2.59. The van der Waals surface area contributed by atoms with E-state index in [0.717, 1.165) is 18.7 Å². The van der Waals surface area contributed by atoms with E-state index in [1.54, 1.807) is 0 Å². The Morgan fingerprint density at radius 3 is 2.82 bits per heavy atom. The van der Waals surface area contributed by atoms with Crippen LogP contribution in [0.15, 0.2) is 4.79 Å². The van der Waals surface area contributed by atoms with Gasteiger partial charge in [0.25, 0.3) is 5.56 Å². The van der Waals surface area contributed by atoms with Gasteiger partial charge in [-0.25, -0.2) is 4.98 Å². The molecule has 0 spiro atoms. The van der Waals surface area contributed by atoms with Gasteiger partial charge in [0.1, 0.15) is 12.6 Å². The van der Waals surface area contributed by atoms with Crippen LogP contribution in [0.5, 0.6) is 0 Å². The minimum absolute atomic E-state index is 0.233. The molecule has 0 unspecified atom stereocenters. The fourth-order valence-corrected chi connectivity index (χ4v) is 1.96. The number of aliphatic hydroxyl groups is 1. The molecule has 2 aromatic rings. The van der Waals surface area contributed by atoms with Crippen molar-refractivity contribution in [3.05, 3.63) is 16.2 Å². The predicted octanol–water partition coefficient (Wildman–Crippen LogP) is 0.275. The van der Waals surface area contributed by atoms with Crippen LogP contribution in [0.2, 0.25) is 0 Å². The van der Waals surface area contributed by atoms with Crippen LogP contribution in [0.1, 0.15) is 31.0 Å². The number of nitrogens with zero attached hydrogens (tertiary/aromatic N) is 2. The van der Waals surface area contributed by atoms with Gasteiger partial charge in [0.05, 0.1) is 0 Å². The lowest BCUT2D eigenvalue weighted by Gasteiger charge is -2.22. The minimum atomic E-state index is -0.283. The van der Waals surface area contributed by atoms with E-state index in [-0.39, 0.29) is 18.2 Å². The Hall–Kier alpha value is -1.89. The molecule has 3 rings (SSSR count). The van der Waals surface area contributed by atoms with Gasteiger partial charge in [-0.05, 0) is 12.8 Å². The van der Waals surface area contributed by atoms with Gasteiger partial charge in [0.2, 0.25) is 5.95 Å². The highest BCUT2D eigenvalue weighted by atomic mass is 16.3. The zero-order valence-electron chi connectivity index (χ0n) is 9.16. The van der Waals surface area contributed by atoms with Crippen LogP contribution >= 0.6 is 0 Å². The Kier molecular flexibility index (Phi) is 2.32. The van der Waals surface area contributed by atoms with Crippen LogP contribution in [0, 0.1) is 0 Å². The normalized spacial score (nSPS) is 16.1. The number of hydrogen-bond acceptors (Lipinski definition) is 5. The summed E-state index contributed by atoms with van der Waals surface area (Å²) in [7, 11) is 0. The summed E-state index contributed by atoms with van der Waals surface area (Å²) in [6.45, 7) is -0.283. The van der Waals surface area contributed by atoms with E-state index in [2.05, 4.69) is 25.3 Å². The van der Waals surface area contributed by atoms with Crippen molar-refractivity contribution in [2.24, 2.45) is 0 Å². The fraction of sp³-hybridized carbons (Fsp3) is 0.500. The van der Waals surface area contributed by atoms with Crippen LogP contribution in [-0.2, 0) is 0 Å². The topological polar surface area (TPSA) is 107 Å². The molecule has 0 aromatic carbocycles. The van der Waals surface area contributed by atoms with Gasteiger partial charge in [0, 0.05) is 5.92 Å². The number of aliphatic hydroxyl groups excluding tert-OH is 1. The zero-order chi connectivity index (χ0) is 11.8. The molecule has 0 aliphatic heterocycles. The average molecular weight is 235 g/mol. The first-order valence-corrected chi connectivity index (χ1v) is 5.62. The molecule has 0 bridgehead atoms. The molecular weight excluding hydrogens is 222 g/mol. The number of anilines is 1. The van der Waals surface area contributed by atoms with Gasteiger partial charge in [-0.3, -0.25) is 9.78 Å². The molecule has 0 atom stereocenters. The molecule has 0 radical (unpaired) electrons. The lowest BCUT2D eigenvalue weighted by molar-refractivity contribution is 0.324. The van der Waals surface area contributed by atoms with E-state index in [0.29, 0.717) is 17.1 Å². The number of aromatic amines is 2. The fourth-order valence-electron chi connectivity index (χ4n) is 1.96. The summed E-state index contributed by atoms with van der Waals surface area (Å²) >= 11 is 0. The van der Waals surface area contributed by atoms with Crippen LogP contribution in [0.4, 0.5) is 5.95 Å². The Bertz CT molecular complexity index is 598. The predicted molar refractivity (Wildman–Crippen MR) is 61.8 cm³/mol. The van der Waals surface area contributed by atoms with Crippen LogP contribution < -0.4 is 10.9 Å². The molecule has 0 saturated heterocycles. The molecule has 1 aliphatic carbocycles. The molecule has 2 aromatic heterocycles. The second kappa shape index (κ2) is 3.85. The standard InChI is InChI=1S/C10H13N5O2/c16-4-11-10-14-8-6(9(17)15-10)12-7(13-8)5-2-1-3-5/h5,16H,1-4H2,(H3,11,12,13,14,15,17). The molecule has 90 valence electrons. The number of rotatable bonds is 3. The van der Waals surface area contributed by atoms with E-state index in [1.165, 1.54) is 6.42 Å². The van der Waals surface area contributed by atoms with Gasteiger partial charge in [0.15, 0.2) is 11.2 Å². The highest BCUT2D eigenvalue weighted by Gasteiger charge is 2.23. The first-order chi connectivity index (χ1) is 8.28. The van der Waals surface area contributed by atoms with Crippen molar-refractivity contribution >= 4 is 17.1 Å². The van der Waals surface area contributed by atoms with Crippen LogP contribution in [-0.4, -0.2) is 31.8 Å². The van der Waals surface area contributed by atoms with E-state index in [4.69, 9.17) is 5.11 Å². The van der Waals surface area contributed by atoms with Crippen molar-refractivity contribution in [2.45, 2.75) is 25.2 Å². The Balaban J connectivity index is 2.07. The van der Waals surface area contributed by atoms with Crippen LogP contribution in [0.25, 0.3) is 11.2 Å². The van der Waals surface area contributed by atoms with Crippen LogP contribution in [0.3, 0.4) is 0 Å². The third kappa shape index (κ3) is 1.68. The van der Waals surface area contributed by atoms with Gasteiger partial charge in [-0.2, -0.15) is 4.98 Å². The van der Waals surface area contributed by atoms with E-state index in [9.17, 15) is 4.79 Å². The second-order valence-electron chi connectivity index (χ2n) is 4.20. The third-order valence-corrected chi connectivity index (χ3v) is 3.12. The first kappa shape index (κ1) is 10.3. The molecule has 17 heavy (non-hydrogen) atoms. The summed E-state index contributed by atoms with van der Waals surface area (Å²) < 4.78 is 0. The van der Waals surface area contributed by atoms with Gasteiger partial charge in [-0.1, -0.05) is 6.42 Å². The SMILES string of the molecule is O=c1[nH]c(NCO)nc2nc(C3CCC3)[nH]c12. The Morgan fingerprint density at radius 1 is 1.35 bits per heavy atom. The van der Waals surface area contributed by atoms with Crippen molar-refractivity contribution in [1.82, 2.24) is 19.9 Å². The summed E-state index contributed by atoms with van der Waals surface area (Å²) in [5.41, 5.74) is 0.519. The largest absolute Gasteiger partial charge is 0.376 e. The highest BCUT2D eigenvalue weighted by molar-refractivity contribution is 5.70. The maximum atomic E-state index is 11.7. The monoisotopic (exact) mass is 235 g/mol. The number of hydrogen-bond donors (Lipinski definition) is 4. The Morgan fingerprint density at radius 2 is 2.18 bits per heavy atom. The van der Waals surface area contributed by atoms with E-state index < -0.39 is 0 Å². The number of H-pyrrole nitrogens is 2. The molecule has 0 amide bonds. The Labute approximate surface area is 96.3 Å². The minimum Gasteiger partial charge on any atom is -0.376 e. The van der Waals surface area contributed by atoms with E-state index >= 15 is 0 Å². The molecule has 2 heterocycles. The third-order valence-electron chi connectivity index (χ3n) is 3.12. The lowest BCUT2D eigenvalue weighted by Crippen LogP contribution is -2.13. The number of imidazole rings is 1. The summed E-state index contributed by atoms with van der Waals surface area (Å²) in [5, 5.41) is 11.3. The number of fused-ring (bicyclic) bond motifs is 1. The first-order valence-electron chi connectivity index (χ1n) is 5.62. The van der Waals surface area contributed by atoms with Gasteiger partial charge < -0.3 is 15.4 Å². The molecule has 4 N–H and O–H groups in total. The van der Waals surface area contributed by atoms with Crippen molar-refractivity contribution < 1.29 is 5.11 Å². The maximum Gasteiger partial charge on any atom is 0.278 e. The lowest BCUT2D eigenvalue weighted by atomic mass is 9.85. The van der Waals surface area contributed by atoms with Gasteiger partial charge >= 0.3 is 0 Å². The summed E-state index contributed by atoms with van der Waals surface area (Å²) in [6, 6.07) is 0. The van der Waals surface area contributed by atoms with Crippen molar-refractivity contribution in [3.63, 3.8) is 0 Å². The molecule has 1 aliphatic rings. The van der Waals surface area contributed by atoms with Crippen molar-refractivity contribution in [3.8, 4) is 0 Å². The molecule has 7 heteroatoms. The van der Waals surface area contributed by atoms with Gasteiger partial charge in [-0.15, -0.1) is 0 Å². The maximum absolute atomic E-state index is 11.7. The van der Waals surface area contributed by atoms with Crippen molar-refractivity contribution in [1.29, 1.82) is 0 Å². The number of aromatic nitrogens is 4. The molecule has 7 nitrogen and oxygen atoms in total. The second-order valence-corrected chi connectivity index (χ2v) is 4.20. The highest BCUT2D eigenvalue weighted by Crippen LogP contribution is 2.34. The molecule has 1 saturated carbocycles. The summed E-state index contributed by atoms with van der Waals surface area (Å²) in [5.74, 6) is 1.50. The van der Waals surface area contributed by atoms with E-state index in [1.807, 2.05) is 0 Å². The smallest absolute Gasteiger partial charge is 0.278 e. The molecular formula is C10H13N5O2. The van der Waals surface area contributed by atoms with Crippen molar-refractivity contribution in [2.75, 3.05) is 12.0 Å². The quantitative estimate of drug-likeness (QED) is 0.571. The number of nitrogens with one attached hydrogen (secondary N) is 3. The summed E-state index contributed by atoms with van der Waals surface area (Å²) in [6.07, 6.45) is 3.43.